The number of likely N-dealkylation sites (N-methyl/N-ethyl adjacent to an activating group) is 1. The van der Waals surface area contributed by atoms with Gasteiger partial charge in [-0.3, -0.25) is 14.4 Å². The molecule has 1 saturated heterocycles. The maximum absolute atomic E-state index is 12.8. The Hall–Kier alpha value is -2.28. The second-order valence-electron chi connectivity index (χ2n) is 6.99. The van der Waals surface area contributed by atoms with Gasteiger partial charge in [0.05, 0.1) is 24.1 Å². The van der Waals surface area contributed by atoms with Crippen LogP contribution in [0.2, 0.25) is 5.02 Å². The third kappa shape index (κ3) is 5.60. The molecule has 27 heavy (non-hydrogen) atoms. The van der Waals surface area contributed by atoms with E-state index in [2.05, 4.69) is 0 Å². The van der Waals surface area contributed by atoms with Crippen molar-refractivity contribution in [2.45, 2.75) is 32.8 Å². The summed E-state index contributed by atoms with van der Waals surface area (Å²) in [7, 11) is 1.53. The fourth-order valence-corrected chi connectivity index (χ4v) is 3.18. The lowest BCUT2D eigenvalue weighted by Crippen LogP contribution is -2.47. The van der Waals surface area contributed by atoms with Crippen molar-refractivity contribution in [3.05, 3.63) is 28.8 Å². The fourth-order valence-electron chi connectivity index (χ4n) is 3.01. The number of amides is 2. The van der Waals surface area contributed by atoms with Crippen LogP contribution in [0.25, 0.3) is 0 Å². The summed E-state index contributed by atoms with van der Waals surface area (Å²) in [5.74, 6) is -1.70. The van der Waals surface area contributed by atoms with Crippen molar-refractivity contribution in [1.29, 1.82) is 0 Å². The summed E-state index contributed by atoms with van der Waals surface area (Å²) in [6, 6.07) is 4.79. The van der Waals surface area contributed by atoms with E-state index in [1.807, 2.05) is 13.8 Å². The number of carboxylic acid groups (broad SMARTS) is 1. The molecule has 8 heteroatoms. The van der Waals surface area contributed by atoms with Crippen molar-refractivity contribution in [1.82, 2.24) is 9.80 Å². The molecule has 148 valence electrons. The highest BCUT2D eigenvalue weighted by Gasteiger charge is 2.29. The van der Waals surface area contributed by atoms with Crippen LogP contribution in [0.5, 0.6) is 5.75 Å². The number of hydrogen-bond acceptors (Lipinski definition) is 4. The molecular formula is C19H25ClN2O5. The maximum atomic E-state index is 12.8. The number of rotatable bonds is 6. The molecule has 1 unspecified atom stereocenters. The number of nitrogens with zero attached hydrogens (tertiary/aromatic N) is 2. The molecule has 1 fully saturated rings. The van der Waals surface area contributed by atoms with Gasteiger partial charge in [0, 0.05) is 25.2 Å². The van der Waals surface area contributed by atoms with Gasteiger partial charge >= 0.3 is 5.97 Å². The molecule has 2 rings (SSSR count). The van der Waals surface area contributed by atoms with Gasteiger partial charge in [-0.05, 0) is 44.9 Å². The molecule has 1 heterocycles. The van der Waals surface area contributed by atoms with Gasteiger partial charge in [-0.25, -0.2) is 0 Å². The zero-order valence-electron chi connectivity index (χ0n) is 15.8. The molecule has 1 aliphatic heterocycles. The minimum absolute atomic E-state index is 0.119. The monoisotopic (exact) mass is 396 g/mol. The van der Waals surface area contributed by atoms with E-state index >= 15 is 0 Å². The number of carboxylic acids is 1. The second kappa shape index (κ2) is 9.08. The van der Waals surface area contributed by atoms with Crippen LogP contribution < -0.4 is 4.74 Å². The third-order valence-corrected chi connectivity index (χ3v) is 4.61. The van der Waals surface area contributed by atoms with Gasteiger partial charge in [-0.2, -0.15) is 0 Å². The van der Waals surface area contributed by atoms with E-state index in [1.54, 1.807) is 12.1 Å². The summed E-state index contributed by atoms with van der Waals surface area (Å²) in [4.78, 5) is 39.3. The summed E-state index contributed by atoms with van der Waals surface area (Å²) in [5.41, 5.74) is 0.286. The normalized spacial score (nSPS) is 16.9. The first-order valence-corrected chi connectivity index (χ1v) is 9.29. The van der Waals surface area contributed by atoms with Crippen molar-refractivity contribution < 1.29 is 24.2 Å². The molecule has 1 atom stereocenters. The van der Waals surface area contributed by atoms with Gasteiger partial charge in [0.25, 0.3) is 5.91 Å². The van der Waals surface area contributed by atoms with E-state index in [0.29, 0.717) is 30.2 Å². The molecule has 0 aromatic heterocycles. The second-order valence-corrected chi connectivity index (χ2v) is 7.42. The van der Waals surface area contributed by atoms with Crippen molar-refractivity contribution in [3.63, 3.8) is 0 Å². The summed E-state index contributed by atoms with van der Waals surface area (Å²) in [6.07, 6.45) is 1.08. The minimum atomic E-state index is -0.897. The number of aliphatic carboxylic acids is 1. The molecule has 0 saturated carbocycles. The Morgan fingerprint density at radius 1 is 1.37 bits per heavy atom. The molecule has 1 aliphatic rings. The first kappa shape index (κ1) is 21.0. The van der Waals surface area contributed by atoms with Crippen LogP contribution in [0.3, 0.4) is 0 Å². The van der Waals surface area contributed by atoms with Crippen LogP contribution >= 0.6 is 11.6 Å². The van der Waals surface area contributed by atoms with E-state index in [-0.39, 0.29) is 36.6 Å². The van der Waals surface area contributed by atoms with Gasteiger partial charge in [-0.15, -0.1) is 0 Å². The summed E-state index contributed by atoms with van der Waals surface area (Å²) in [5, 5.41) is 9.55. The molecule has 1 aromatic carbocycles. The van der Waals surface area contributed by atoms with Crippen LogP contribution in [0, 0.1) is 5.92 Å². The smallest absolute Gasteiger partial charge is 0.308 e. The van der Waals surface area contributed by atoms with Gasteiger partial charge in [-0.1, -0.05) is 11.6 Å². The highest BCUT2D eigenvalue weighted by molar-refractivity contribution is 6.31. The lowest BCUT2D eigenvalue weighted by Gasteiger charge is -2.32. The van der Waals surface area contributed by atoms with Crippen LogP contribution in [-0.2, 0) is 9.59 Å². The van der Waals surface area contributed by atoms with E-state index < -0.39 is 11.9 Å². The molecule has 0 bridgehead atoms. The number of carbonyl (C=O) groups excluding carboxylic acids is 2. The quantitative estimate of drug-likeness (QED) is 0.798. The number of piperidine rings is 1. The zero-order valence-corrected chi connectivity index (χ0v) is 16.5. The predicted molar refractivity (Wildman–Crippen MR) is 101 cm³/mol. The Labute approximate surface area is 163 Å². The molecule has 1 aromatic rings. The summed E-state index contributed by atoms with van der Waals surface area (Å²) in [6.45, 7) is 4.24. The molecule has 1 N–H and O–H groups in total. The topological polar surface area (TPSA) is 87.2 Å². The van der Waals surface area contributed by atoms with E-state index in [4.69, 9.17) is 21.4 Å². The summed E-state index contributed by atoms with van der Waals surface area (Å²) >= 11 is 6.02. The van der Waals surface area contributed by atoms with E-state index in [1.165, 1.54) is 22.9 Å². The van der Waals surface area contributed by atoms with E-state index in [0.717, 1.165) is 0 Å². The standard InChI is InChI=1S/C19H25ClN2O5/c1-12(2)27-16-7-6-14(20)9-15(16)18(24)21(3)11-17(23)22-8-4-5-13(10-22)19(25)26/h6-7,9,12-13H,4-5,8,10-11H2,1-3H3,(H,25,26). The molecule has 7 nitrogen and oxygen atoms in total. The lowest BCUT2D eigenvalue weighted by molar-refractivity contribution is -0.145. The maximum Gasteiger partial charge on any atom is 0.308 e. The molecule has 0 radical (unpaired) electrons. The Kier molecular flexibility index (Phi) is 7.07. The number of carbonyl (C=O) groups is 3. The lowest BCUT2D eigenvalue weighted by atomic mass is 9.98. The molecular weight excluding hydrogens is 372 g/mol. The Morgan fingerprint density at radius 3 is 2.70 bits per heavy atom. The van der Waals surface area contributed by atoms with Crippen molar-refractivity contribution >= 4 is 29.4 Å². The van der Waals surface area contributed by atoms with E-state index in [9.17, 15) is 14.4 Å². The first-order chi connectivity index (χ1) is 12.7. The highest BCUT2D eigenvalue weighted by Crippen LogP contribution is 2.25. The average molecular weight is 397 g/mol. The van der Waals surface area contributed by atoms with Crippen molar-refractivity contribution in [2.24, 2.45) is 5.92 Å². The van der Waals surface area contributed by atoms with Crippen LogP contribution in [0.1, 0.15) is 37.0 Å². The minimum Gasteiger partial charge on any atom is -0.490 e. The number of hydrogen-bond donors (Lipinski definition) is 1. The number of halogens is 1. The molecule has 2 amide bonds. The third-order valence-electron chi connectivity index (χ3n) is 4.38. The fraction of sp³-hybridized carbons (Fsp3) is 0.526. The number of ether oxygens (including phenoxy) is 1. The van der Waals surface area contributed by atoms with Crippen molar-refractivity contribution in [2.75, 3.05) is 26.7 Å². The largest absolute Gasteiger partial charge is 0.490 e. The summed E-state index contributed by atoms with van der Waals surface area (Å²) < 4.78 is 5.67. The SMILES string of the molecule is CC(C)Oc1ccc(Cl)cc1C(=O)N(C)CC(=O)N1CCCC(C(=O)O)C1. The number of likely N-dealkylation sites (tertiary alicyclic amines) is 1. The molecule has 0 spiro atoms. The zero-order chi connectivity index (χ0) is 20.1. The Bertz CT molecular complexity index is 722. The molecule has 0 aliphatic carbocycles. The van der Waals surface area contributed by atoms with Gasteiger partial charge in [0.2, 0.25) is 5.91 Å². The van der Waals surface area contributed by atoms with Crippen LogP contribution in [0.15, 0.2) is 18.2 Å². The average Bonchev–Trinajstić information content (AvgIpc) is 2.62. The Balaban J connectivity index is 2.08. The number of benzene rings is 1. The first-order valence-electron chi connectivity index (χ1n) is 8.91. The van der Waals surface area contributed by atoms with Gasteiger partial charge in [0.15, 0.2) is 0 Å². The van der Waals surface area contributed by atoms with Crippen LogP contribution in [-0.4, -0.2) is 65.5 Å². The predicted octanol–water partition coefficient (Wildman–Crippen LogP) is 2.52. The Morgan fingerprint density at radius 2 is 2.07 bits per heavy atom. The van der Waals surface area contributed by atoms with Crippen LogP contribution in [0.4, 0.5) is 0 Å². The van der Waals surface area contributed by atoms with Gasteiger partial charge in [0.1, 0.15) is 5.75 Å². The highest BCUT2D eigenvalue weighted by atomic mass is 35.5. The van der Waals surface area contributed by atoms with Crippen molar-refractivity contribution in [3.8, 4) is 5.75 Å². The van der Waals surface area contributed by atoms with Gasteiger partial charge < -0.3 is 19.6 Å².